The number of hydrogen-bond acceptors (Lipinski definition) is 4. The number of hydrogen-bond donors (Lipinski definition) is 2. The average Bonchev–Trinajstić information content (AvgIpc) is 3.13. The van der Waals surface area contributed by atoms with E-state index in [9.17, 15) is 9.59 Å². The molecular formula is C19H28N2O4. The minimum atomic E-state index is -0.715. The van der Waals surface area contributed by atoms with Crippen LogP contribution in [0.4, 0.5) is 0 Å². The van der Waals surface area contributed by atoms with Crippen LogP contribution >= 0.6 is 0 Å². The van der Waals surface area contributed by atoms with Crippen LogP contribution in [0.25, 0.3) is 0 Å². The predicted molar refractivity (Wildman–Crippen MR) is 95.2 cm³/mol. The van der Waals surface area contributed by atoms with Gasteiger partial charge in [-0.3, -0.25) is 20.4 Å². The third kappa shape index (κ3) is 6.64. The van der Waals surface area contributed by atoms with Crippen molar-refractivity contribution >= 4 is 11.8 Å². The minimum Gasteiger partial charge on any atom is -0.494 e. The molecule has 0 aromatic heterocycles. The topological polar surface area (TPSA) is 76.7 Å². The average molecular weight is 348 g/mol. The van der Waals surface area contributed by atoms with Crippen LogP contribution in [0.2, 0.25) is 0 Å². The molecule has 25 heavy (non-hydrogen) atoms. The lowest BCUT2D eigenvalue weighted by Gasteiger charge is -2.16. The Bertz CT molecular complexity index is 553. The van der Waals surface area contributed by atoms with Crippen LogP contribution in [-0.4, -0.2) is 24.5 Å². The number of amides is 2. The smallest absolute Gasteiger partial charge is 0.279 e. The second-order valence-electron chi connectivity index (χ2n) is 6.39. The van der Waals surface area contributed by atoms with Gasteiger partial charge in [0.25, 0.3) is 5.91 Å². The van der Waals surface area contributed by atoms with Gasteiger partial charge < -0.3 is 9.47 Å². The molecule has 1 aromatic rings. The van der Waals surface area contributed by atoms with Gasteiger partial charge in [0.05, 0.1) is 6.61 Å². The van der Waals surface area contributed by atoms with Crippen molar-refractivity contribution in [1.29, 1.82) is 0 Å². The Kier molecular flexibility index (Phi) is 7.57. The lowest BCUT2D eigenvalue weighted by molar-refractivity contribution is -0.132. The molecule has 2 rings (SSSR count). The molecule has 0 heterocycles. The van der Waals surface area contributed by atoms with E-state index in [4.69, 9.17) is 9.47 Å². The van der Waals surface area contributed by atoms with Crippen LogP contribution in [0, 0.1) is 5.92 Å². The lowest BCUT2D eigenvalue weighted by Crippen LogP contribution is -2.47. The monoisotopic (exact) mass is 348 g/mol. The van der Waals surface area contributed by atoms with Crippen molar-refractivity contribution in [2.75, 3.05) is 6.61 Å². The quantitative estimate of drug-likeness (QED) is 0.708. The summed E-state index contributed by atoms with van der Waals surface area (Å²) < 4.78 is 10.9. The summed E-state index contributed by atoms with van der Waals surface area (Å²) >= 11 is 0. The third-order valence-electron chi connectivity index (χ3n) is 4.40. The SMILES string of the molecule is CCOc1ccc(O[C@@H](C)C(=O)NNC(=O)CCC2CCCC2)cc1. The predicted octanol–water partition coefficient (Wildman–Crippen LogP) is 2.97. The highest BCUT2D eigenvalue weighted by atomic mass is 16.5. The highest BCUT2D eigenvalue weighted by molar-refractivity contribution is 5.84. The van der Waals surface area contributed by atoms with Crippen LogP contribution in [0.3, 0.4) is 0 Å². The van der Waals surface area contributed by atoms with Crippen LogP contribution < -0.4 is 20.3 Å². The molecule has 138 valence electrons. The van der Waals surface area contributed by atoms with Gasteiger partial charge in [0, 0.05) is 6.42 Å². The van der Waals surface area contributed by atoms with Crippen LogP contribution in [-0.2, 0) is 9.59 Å². The summed E-state index contributed by atoms with van der Waals surface area (Å²) in [4.78, 5) is 23.8. The number of nitrogens with one attached hydrogen (secondary N) is 2. The van der Waals surface area contributed by atoms with Gasteiger partial charge in [-0.2, -0.15) is 0 Å². The van der Waals surface area contributed by atoms with Gasteiger partial charge in [0.2, 0.25) is 5.91 Å². The van der Waals surface area contributed by atoms with Crippen molar-refractivity contribution in [3.63, 3.8) is 0 Å². The van der Waals surface area contributed by atoms with Gasteiger partial charge in [0.15, 0.2) is 6.10 Å². The van der Waals surface area contributed by atoms with E-state index in [1.165, 1.54) is 25.7 Å². The molecule has 2 N–H and O–H groups in total. The van der Waals surface area contributed by atoms with Crippen molar-refractivity contribution in [2.24, 2.45) is 5.92 Å². The Hall–Kier alpha value is -2.24. The first kappa shape index (κ1) is 19.1. The molecule has 1 aromatic carbocycles. The second-order valence-corrected chi connectivity index (χ2v) is 6.39. The Labute approximate surface area is 149 Å². The first-order valence-corrected chi connectivity index (χ1v) is 9.06. The molecule has 1 saturated carbocycles. The summed E-state index contributed by atoms with van der Waals surface area (Å²) in [6.07, 6.45) is 5.58. The van der Waals surface area contributed by atoms with Gasteiger partial charge in [0.1, 0.15) is 11.5 Å². The minimum absolute atomic E-state index is 0.159. The molecular weight excluding hydrogens is 320 g/mol. The van der Waals surface area contributed by atoms with Crippen molar-refractivity contribution in [3.8, 4) is 11.5 Å². The van der Waals surface area contributed by atoms with E-state index in [0.29, 0.717) is 24.7 Å². The molecule has 6 heteroatoms. The maximum atomic E-state index is 12.0. The Balaban J connectivity index is 1.67. The van der Waals surface area contributed by atoms with Gasteiger partial charge in [-0.25, -0.2) is 0 Å². The normalized spacial score (nSPS) is 15.4. The van der Waals surface area contributed by atoms with Gasteiger partial charge in [-0.15, -0.1) is 0 Å². The lowest BCUT2D eigenvalue weighted by atomic mass is 10.0. The van der Waals surface area contributed by atoms with Crippen molar-refractivity contribution < 1.29 is 19.1 Å². The molecule has 0 aliphatic heterocycles. The number of carbonyl (C=O) groups is 2. The standard InChI is InChI=1S/C19H28N2O4/c1-3-24-16-9-11-17(12-10-16)25-14(2)19(23)21-20-18(22)13-8-15-6-4-5-7-15/h9-12,14-15H,3-8,13H2,1-2H3,(H,20,22)(H,21,23)/t14-/m0/s1. The summed E-state index contributed by atoms with van der Waals surface area (Å²) in [5.74, 6) is 1.43. The van der Waals surface area contributed by atoms with E-state index in [1.807, 2.05) is 6.92 Å². The number of ether oxygens (including phenoxy) is 2. The molecule has 0 radical (unpaired) electrons. The molecule has 1 aliphatic rings. The van der Waals surface area contributed by atoms with E-state index in [0.717, 1.165) is 12.2 Å². The highest BCUT2D eigenvalue weighted by Gasteiger charge is 2.18. The second kappa shape index (κ2) is 9.91. The zero-order valence-electron chi connectivity index (χ0n) is 15.0. The maximum absolute atomic E-state index is 12.0. The summed E-state index contributed by atoms with van der Waals surface area (Å²) in [5.41, 5.74) is 4.88. The number of carbonyl (C=O) groups excluding carboxylic acids is 2. The largest absolute Gasteiger partial charge is 0.494 e. The summed E-state index contributed by atoms with van der Waals surface area (Å²) in [7, 11) is 0. The number of hydrazine groups is 1. The van der Waals surface area contributed by atoms with Crippen molar-refractivity contribution in [1.82, 2.24) is 10.9 Å². The zero-order valence-corrected chi connectivity index (χ0v) is 15.0. The molecule has 0 unspecified atom stereocenters. The molecule has 1 aliphatic carbocycles. The summed E-state index contributed by atoms with van der Waals surface area (Å²) in [5, 5.41) is 0. The number of benzene rings is 1. The van der Waals surface area contributed by atoms with E-state index in [-0.39, 0.29) is 11.8 Å². The molecule has 1 fully saturated rings. The van der Waals surface area contributed by atoms with Crippen molar-refractivity contribution in [2.45, 2.75) is 58.5 Å². The first-order valence-electron chi connectivity index (χ1n) is 9.06. The van der Waals surface area contributed by atoms with E-state index >= 15 is 0 Å². The summed E-state index contributed by atoms with van der Waals surface area (Å²) in [6.45, 7) is 4.15. The van der Waals surface area contributed by atoms with Crippen molar-refractivity contribution in [3.05, 3.63) is 24.3 Å². The molecule has 2 amide bonds. The number of rotatable bonds is 8. The molecule has 0 saturated heterocycles. The van der Waals surface area contributed by atoms with Gasteiger partial charge in [-0.05, 0) is 50.5 Å². The molecule has 0 spiro atoms. The van der Waals surface area contributed by atoms with E-state index < -0.39 is 6.10 Å². The summed E-state index contributed by atoms with van der Waals surface area (Å²) in [6, 6.07) is 7.06. The highest BCUT2D eigenvalue weighted by Crippen LogP contribution is 2.28. The molecule has 0 bridgehead atoms. The Morgan fingerprint density at radius 2 is 1.76 bits per heavy atom. The zero-order chi connectivity index (χ0) is 18.1. The first-order chi connectivity index (χ1) is 12.1. The van der Waals surface area contributed by atoms with Gasteiger partial charge in [-0.1, -0.05) is 25.7 Å². The van der Waals surface area contributed by atoms with Crippen LogP contribution in [0.5, 0.6) is 11.5 Å². The fourth-order valence-electron chi connectivity index (χ4n) is 2.97. The van der Waals surface area contributed by atoms with Gasteiger partial charge >= 0.3 is 0 Å². The third-order valence-corrected chi connectivity index (χ3v) is 4.40. The molecule has 6 nitrogen and oxygen atoms in total. The maximum Gasteiger partial charge on any atom is 0.279 e. The Morgan fingerprint density at radius 1 is 1.12 bits per heavy atom. The van der Waals surface area contributed by atoms with Crippen LogP contribution in [0.15, 0.2) is 24.3 Å². The van der Waals surface area contributed by atoms with Crippen LogP contribution in [0.1, 0.15) is 52.4 Å². The fourth-order valence-corrected chi connectivity index (χ4v) is 2.97. The Morgan fingerprint density at radius 3 is 2.40 bits per heavy atom. The fraction of sp³-hybridized carbons (Fsp3) is 0.579. The van der Waals surface area contributed by atoms with E-state index in [1.54, 1.807) is 31.2 Å². The molecule has 1 atom stereocenters. The van der Waals surface area contributed by atoms with E-state index in [2.05, 4.69) is 10.9 Å².